The van der Waals surface area contributed by atoms with Gasteiger partial charge in [-0.05, 0) is 54.8 Å². The van der Waals surface area contributed by atoms with Crippen LogP contribution < -0.4 is 5.73 Å². The standard InChI is InChI=1S/C18H23FN2/c1-3-10-21(12-15-6-4-5-7-18(15)20)13-16-11-17(19)9-8-14(16)2/h4-9,11H,3,10,12-13,20H2,1-2H3. The molecule has 0 bridgehead atoms. The van der Waals surface area contributed by atoms with Crippen LogP contribution in [0.15, 0.2) is 42.5 Å². The highest BCUT2D eigenvalue weighted by molar-refractivity contribution is 5.46. The van der Waals surface area contributed by atoms with Gasteiger partial charge < -0.3 is 5.73 Å². The first-order chi connectivity index (χ1) is 10.1. The quantitative estimate of drug-likeness (QED) is 0.809. The zero-order valence-corrected chi connectivity index (χ0v) is 12.8. The molecule has 0 aliphatic rings. The highest BCUT2D eigenvalue weighted by atomic mass is 19.1. The summed E-state index contributed by atoms with van der Waals surface area (Å²) in [4.78, 5) is 2.31. The van der Waals surface area contributed by atoms with Gasteiger partial charge in [-0.1, -0.05) is 31.2 Å². The lowest BCUT2D eigenvalue weighted by atomic mass is 10.1. The average Bonchev–Trinajstić information content (AvgIpc) is 2.45. The maximum atomic E-state index is 13.4. The Kier molecular flexibility index (Phi) is 5.34. The van der Waals surface area contributed by atoms with Crippen LogP contribution in [0.5, 0.6) is 0 Å². The van der Waals surface area contributed by atoms with Gasteiger partial charge in [-0.3, -0.25) is 4.90 Å². The second-order valence-corrected chi connectivity index (χ2v) is 5.48. The van der Waals surface area contributed by atoms with Gasteiger partial charge >= 0.3 is 0 Å². The Bertz CT molecular complexity index is 596. The van der Waals surface area contributed by atoms with E-state index in [0.717, 1.165) is 48.4 Å². The molecule has 0 saturated heterocycles. The normalized spacial score (nSPS) is 11.0. The lowest BCUT2D eigenvalue weighted by molar-refractivity contribution is 0.257. The van der Waals surface area contributed by atoms with E-state index in [1.54, 1.807) is 6.07 Å². The van der Waals surface area contributed by atoms with E-state index in [0.29, 0.717) is 0 Å². The molecule has 3 heteroatoms. The third kappa shape index (κ3) is 4.30. The number of para-hydroxylation sites is 1. The zero-order chi connectivity index (χ0) is 15.2. The Morgan fingerprint density at radius 2 is 1.76 bits per heavy atom. The molecular formula is C18H23FN2. The van der Waals surface area contributed by atoms with E-state index in [1.165, 1.54) is 6.07 Å². The summed E-state index contributed by atoms with van der Waals surface area (Å²) in [7, 11) is 0. The van der Waals surface area contributed by atoms with Crippen LogP contribution in [0.4, 0.5) is 10.1 Å². The van der Waals surface area contributed by atoms with Gasteiger partial charge in [-0.25, -0.2) is 4.39 Å². The van der Waals surface area contributed by atoms with E-state index in [1.807, 2.05) is 31.2 Å². The van der Waals surface area contributed by atoms with E-state index >= 15 is 0 Å². The maximum absolute atomic E-state index is 13.4. The van der Waals surface area contributed by atoms with Crippen LogP contribution in [-0.2, 0) is 13.1 Å². The van der Waals surface area contributed by atoms with Gasteiger partial charge in [-0.2, -0.15) is 0 Å². The third-order valence-electron chi connectivity index (χ3n) is 3.69. The molecule has 2 aromatic rings. The first kappa shape index (κ1) is 15.5. The lowest BCUT2D eigenvalue weighted by Gasteiger charge is -2.23. The van der Waals surface area contributed by atoms with Crippen molar-refractivity contribution in [2.45, 2.75) is 33.4 Å². The summed E-state index contributed by atoms with van der Waals surface area (Å²) in [5, 5.41) is 0. The fraction of sp³-hybridized carbons (Fsp3) is 0.333. The van der Waals surface area contributed by atoms with Crippen molar-refractivity contribution in [3.8, 4) is 0 Å². The smallest absolute Gasteiger partial charge is 0.123 e. The molecule has 0 spiro atoms. The minimum Gasteiger partial charge on any atom is -0.398 e. The summed E-state index contributed by atoms with van der Waals surface area (Å²) < 4.78 is 13.4. The van der Waals surface area contributed by atoms with Crippen molar-refractivity contribution in [2.24, 2.45) is 0 Å². The van der Waals surface area contributed by atoms with Crippen molar-refractivity contribution >= 4 is 5.69 Å². The molecule has 0 aromatic heterocycles. The van der Waals surface area contributed by atoms with Crippen LogP contribution in [0.25, 0.3) is 0 Å². The molecular weight excluding hydrogens is 263 g/mol. The Morgan fingerprint density at radius 3 is 2.48 bits per heavy atom. The van der Waals surface area contributed by atoms with Crippen LogP contribution in [-0.4, -0.2) is 11.4 Å². The number of nitrogens with two attached hydrogens (primary N) is 1. The van der Waals surface area contributed by atoms with Crippen molar-refractivity contribution in [3.63, 3.8) is 0 Å². The number of rotatable bonds is 6. The molecule has 0 unspecified atom stereocenters. The minimum absolute atomic E-state index is 0.175. The predicted octanol–water partition coefficient (Wildman–Crippen LogP) is 4.13. The highest BCUT2D eigenvalue weighted by Crippen LogP contribution is 2.18. The fourth-order valence-electron chi connectivity index (χ4n) is 2.50. The summed E-state index contributed by atoms with van der Waals surface area (Å²) in [6, 6.07) is 12.9. The van der Waals surface area contributed by atoms with Gasteiger partial charge in [0.2, 0.25) is 0 Å². The number of nitrogens with zero attached hydrogens (tertiary/aromatic N) is 1. The zero-order valence-electron chi connectivity index (χ0n) is 12.8. The molecule has 0 amide bonds. The monoisotopic (exact) mass is 286 g/mol. The molecule has 0 aliphatic heterocycles. The SMILES string of the molecule is CCCN(Cc1cc(F)ccc1C)Cc1ccccc1N. The first-order valence-corrected chi connectivity index (χ1v) is 7.41. The number of halogens is 1. The summed E-state index contributed by atoms with van der Waals surface area (Å²) >= 11 is 0. The molecule has 0 aliphatic carbocycles. The third-order valence-corrected chi connectivity index (χ3v) is 3.69. The Labute approximate surface area is 126 Å². The molecule has 2 N–H and O–H groups in total. The number of anilines is 1. The summed E-state index contributed by atoms with van der Waals surface area (Å²) in [5.74, 6) is -0.175. The molecule has 2 aromatic carbocycles. The number of hydrogen-bond acceptors (Lipinski definition) is 2. The van der Waals surface area contributed by atoms with Crippen LogP contribution in [0.3, 0.4) is 0 Å². The van der Waals surface area contributed by atoms with Gasteiger partial charge in [0.05, 0.1) is 0 Å². The number of nitrogen functional groups attached to an aromatic ring is 1. The summed E-state index contributed by atoms with van der Waals surface area (Å²) in [6.07, 6.45) is 1.06. The Hall–Kier alpha value is -1.87. The van der Waals surface area contributed by atoms with Crippen LogP contribution in [0.1, 0.15) is 30.0 Å². The lowest BCUT2D eigenvalue weighted by Crippen LogP contribution is -2.24. The predicted molar refractivity (Wildman–Crippen MR) is 86.4 cm³/mol. The van der Waals surface area contributed by atoms with Crippen LogP contribution in [0, 0.1) is 12.7 Å². The second kappa shape index (κ2) is 7.23. The van der Waals surface area contributed by atoms with Gasteiger partial charge in [0.25, 0.3) is 0 Å². The van der Waals surface area contributed by atoms with Crippen molar-refractivity contribution in [3.05, 3.63) is 65.0 Å². The first-order valence-electron chi connectivity index (χ1n) is 7.41. The topological polar surface area (TPSA) is 29.3 Å². The van der Waals surface area contributed by atoms with Crippen molar-refractivity contribution < 1.29 is 4.39 Å². The van der Waals surface area contributed by atoms with E-state index in [4.69, 9.17) is 5.73 Å². The van der Waals surface area contributed by atoms with Crippen molar-refractivity contribution in [1.29, 1.82) is 0 Å². The van der Waals surface area contributed by atoms with Crippen LogP contribution in [0.2, 0.25) is 0 Å². The second-order valence-electron chi connectivity index (χ2n) is 5.48. The van der Waals surface area contributed by atoms with E-state index in [-0.39, 0.29) is 5.82 Å². The molecule has 0 saturated carbocycles. The average molecular weight is 286 g/mol. The van der Waals surface area contributed by atoms with Gasteiger partial charge in [0, 0.05) is 18.8 Å². The molecule has 0 fully saturated rings. The number of hydrogen-bond donors (Lipinski definition) is 1. The molecule has 21 heavy (non-hydrogen) atoms. The molecule has 0 atom stereocenters. The fourth-order valence-corrected chi connectivity index (χ4v) is 2.50. The maximum Gasteiger partial charge on any atom is 0.123 e. The van der Waals surface area contributed by atoms with Gasteiger partial charge in [-0.15, -0.1) is 0 Å². The molecule has 0 radical (unpaired) electrons. The number of benzene rings is 2. The van der Waals surface area contributed by atoms with Gasteiger partial charge in [0.1, 0.15) is 5.82 Å². The molecule has 2 rings (SSSR count). The van der Waals surface area contributed by atoms with E-state index < -0.39 is 0 Å². The van der Waals surface area contributed by atoms with Crippen LogP contribution >= 0.6 is 0 Å². The molecule has 2 nitrogen and oxygen atoms in total. The van der Waals surface area contributed by atoms with Gasteiger partial charge in [0.15, 0.2) is 0 Å². The number of aryl methyl sites for hydroxylation is 1. The highest BCUT2D eigenvalue weighted by Gasteiger charge is 2.10. The largest absolute Gasteiger partial charge is 0.398 e. The molecule has 0 heterocycles. The van der Waals surface area contributed by atoms with E-state index in [2.05, 4.69) is 17.9 Å². The van der Waals surface area contributed by atoms with E-state index in [9.17, 15) is 4.39 Å². The Balaban J connectivity index is 2.16. The Morgan fingerprint density at radius 1 is 1.05 bits per heavy atom. The summed E-state index contributed by atoms with van der Waals surface area (Å²) in [6.45, 7) is 6.67. The molecule has 112 valence electrons. The minimum atomic E-state index is -0.175. The van der Waals surface area contributed by atoms with Crippen molar-refractivity contribution in [1.82, 2.24) is 4.90 Å². The van der Waals surface area contributed by atoms with Crippen molar-refractivity contribution in [2.75, 3.05) is 12.3 Å². The summed E-state index contributed by atoms with van der Waals surface area (Å²) in [5.41, 5.74) is 10.1.